The highest BCUT2D eigenvalue weighted by atomic mass is 16.5. The Balaban J connectivity index is 1.58. The van der Waals surface area contributed by atoms with E-state index in [-0.39, 0.29) is 5.91 Å². The number of rotatable bonds is 6. The molecule has 2 aromatic carbocycles. The van der Waals surface area contributed by atoms with E-state index in [2.05, 4.69) is 24.0 Å². The first-order valence-electron chi connectivity index (χ1n) is 10.2. The van der Waals surface area contributed by atoms with Crippen LogP contribution in [0, 0.1) is 0 Å². The van der Waals surface area contributed by atoms with E-state index in [1.807, 2.05) is 36.4 Å². The number of fused-ring (bicyclic) bond motifs is 1. The second kappa shape index (κ2) is 8.91. The second-order valence-electron chi connectivity index (χ2n) is 7.48. The van der Waals surface area contributed by atoms with E-state index in [0.717, 1.165) is 23.1 Å². The maximum absolute atomic E-state index is 13.4. The fourth-order valence-corrected chi connectivity index (χ4v) is 3.70. The molecule has 0 radical (unpaired) electrons. The first-order valence-corrected chi connectivity index (χ1v) is 10.2. The molecule has 3 aromatic rings. The molecule has 5 heteroatoms. The zero-order chi connectivity index (χ0) is 20.9. The van der Waals surface area contributed by atoms with E-state index in [1.165, 1.54) is 5.56 Å². The molecule has 5 nitrogen and oxygen atoms in total. The highest BCUT2D eigenvalue weighted by Gasteiger charge is 2.34. The average molecular weight is 400 g/mol. The summed E-state index contributed by atoms with van der Waals surface area (Å²) in [6.07, 6.45) is 4.00. The third kappa shape index (κ3) is 4.40. The van der Waals surface area contributed by atoms with Gasteiger partial charge in [0.2, 0.25) is 0 Å². The molecule has 1 amide bonds. The molecule has 1 atom stereocenters. The van der Waals surface area contributed by atoms with Crippen molar-refractivity contribution in [2.75, 3.05) is 0 Å². The van der Waals surface area contributed by atoms with Gasteiger partial charge in [-0.2, -0.15) is 0 Å². The maximum Gasteiger partial charge on any atom is 0.339 e. The molecule has 0 aliphatic carbocycles. The summed E-state index contributed by atoms with van der Waals surface area (Å²) in [7, 11) is 0. The monoisotopic (exact) mass is 400 g/mol. The minimum Gasteiger partial charge on any atom is -0.448 e. The number of hydrogen-bond acceptors (Lipinski definition) is 4. The molecule has 2 heterocycles. The van der Waals surface area contributed by atoms with Crippen molar-refractivity contribution < 1.29 is 14.3 Å². The van der Waals surface area contributed by atoms with E-state index >= 15 is 0 Å². The van der Waals surface area contributed by atoms with Gasteiger partial charge in [-0.3, -0.25) is 9.78 Å². The van der Waals surface area contributed by atoms with Gasteiger partial charge >= 0.3 is 5.97 Å². The Labute approximate surface area is 176 Å². The lowest BCUT2D eigenvalue weighted by Crippen LogP contribution is -2.43. The van der Waals surface area contributed by atoms with Crippen LogP contribution >= 0.6 is 0 Å². The van der Waals surface area contributed by atoms with Crippen LogP contribution in [0.25, 0.3) is 0 Å². The number of pyridine rings is 1. The maximum atomic E-state index is 13.4. The highest BCUT2D eigenvalue weighted by Crippen LogP contribution is 2.23. The van der Waals surface area contributed by atoms with Crippen molar-refractivity contribution in [2.24, 2.45) is 0 Å². The minimum atomic E-state index is -0.820. The molecule has 0 fully saturated rings. The number of nitrogens with zero attached hydrogens (tertiary/aromatic N) is 2. The van der Waals surface area contributed by atoms with Crippen molar-refractivity contribution in [1.29, 1.82) is 0 Å². The summed E-state index contributed by atoms with van der Waals surface area (Å²) >= 11 is 0. The molecular weight excluding hydrogens is 376 g/mol. The van der Waals surface area contributed by atoms with Crippen LogP contribution in [0.5, 0.6) is 0 Å². The molecule has 152 valence electrons. The standard InChI is InChI=1S/C25H24N2O3/c1-2-18-9-11-19(12-10-18)16-27(17-20-6-5-13-26-15-20)24(28)23-14-21-7-3-4-8-22(21)25(29)30-23/h3-13,15,23H,2,14,16-17H2,1H3. The van der Waals surface area contributed by atoms with Gasteiger partial charge in [-0.1, -0.05) is 55.5 Å². The zero-order valence-corrected chi connectivity index (χ0v) is 17.0. The first kappa shape index (κ1) is 19.8. The number of cyclic esters (lactones) is 1. The molecule has 1 unspecified atom stereocenters. The summed E-state index contributed by atoms with van der Waals surface area (Å²) in [5.41, 5.74) is 4.60. The van der Waals surface area contributed by atoms with Gasteiger partial charge in [-0.05, 0) is 40.8 Å². The quantitative estimate of drug-likeness (QED) is 0.588. The first-order chi connectivity index (χ1) is 14.6. The average Bonchev–Trinajstić information content (AvgIpc) is 2.79. The third-order valence-electron chi connectivity index (χ3n) is 5.38. The Morgan fingerprint density at radius 3 is 2.47 bits per heavy atom. The number of carbonyl (C=O) groups excluding carboxylic acids is 2. The number of carbonyl (C=O) groups is 2. The van der Waals surface area contributed by atoms with Crippen molar-refractivity contribution >= 4 is 11.9 Å². The van der Waals surface area contributed by atoms with Crippen molar-refractivity contribution in [1.82, 2.24) is 9.88 Å². The zero-order valence-electron chi connectivity index (χ0n) is 17.0. The number of ether oxygens (including phenoxy) is 1. The van der Waals surface area contributed by atoms with Gasteiger partial charge in [0.05, 0.1) is 5.56 Å². The Kier molecular flexibility index (Phi) is 5.89. The molecule has 1 aliphatic rings. The Morgan fingerprint density at radius 1 is 1.00 bits per heavy atom. The number of hydrogen-bond donors (Lipinski definition) is 0. The van der Waals surface area contributed by atoms with Crippen LogP contribution in [0.2, 0.25) is 0 Å². The molecule has 0 saturated heterocycles. The SMILES string of the molecule is CCc1ccc(CN(Cc2cccnc2)C(=O)C2Cc3ccccc3C(=O)O2)cc1. The molecule has 0 N–H and O–H groups in total. The van der Waals surface area contributed by atoms with Crippen LogP contribution in [0.3, 0.4) is 0 Å². The number of esters is 1. The number of benzene rings is 2. The van der Waals surface area contributed by atoms with Gasteiger partial charge < -0.3 is 9.64 Å². The van der Waals surface area contributed by atoms with Crippen LogP contribution in [-0.4, -0.2) is 27.9 Å². The van der Waals surface area contributed by atoms with Gasteiger partial charge in [-0.25, -0.2) is 4.79 Å². The van der Waals surface area contributed by atoms with E-state index in [0.29, 0.717) is 25.1 Å². The molecule has 1 aromatic heterocycles. The van der Waals surface area contributed by atoms with E-state index in [4.69, 9.17) is 4.74 Å². The number of amides is 1. The smallest absolute Gasteiger partial charge is 0.339 e. The van der Waals surface area contributed by atoms with Crippen LogP contribution < -0.4 is 0 Å². The van der Waals surface area contributed by atoms with Crippen molar-refractivity contribution in [3.8, 4) is 0 Å². The lowest BCUT2D eigenvalue weighted by molar-refractivity contribution is -0.142. The van der Waals surface area contributed by atoms with Crippen LogP contribution in [0.4, 0.5) is 0 Å². The fourth-order valence-electron chi connectivity index (χ4n) is 3.70. The van der Waals surface area contributed by atoms with Crippen LogP contribution in [0.15, 0.2) is 73.1 Å². The normalized spacial score (nSPS) is 15.2. The summed E-state index contributed by atoms with van der Waals surface area (Å²) in [6, 6.07) is 19.3. The summed E-state index contributed by atoms with van der Waals surface area (Å²) in [6.45, 7) is 2.95. The molecule has 4 rings (SSSR count). The van der Waals surface area contributed by atoms with E-state index in [9.17, 15) is 9.59 Å². The van der Waals surface area contributed by atoms with Crippen molar-refractivity contribution in [3.05, 3.63) is 101 Å². The summed E-state index contributed by atoms with van der Waals surface area (Å²) in [5.74, 6) is -0.634. The molecule has 30 heavy (non-hydrogen) atoms. The summed E-state index contributed by atoms with van der Waals surface area (Å²) in [4.78, 5) is 31.7. The van der Waals surface area contributed by atoms with Crippen molar-refractivity contribution in [2.45, 2.75) is 39.0 Å². The summed E-state index contributed by atoms with van der Waals surface area (Å²) < 4.78 is 5.52. The predicted octanol–water partition coefficient (Wildman–Crippen LogP) is 3.95. The number of aryl methyl sites for hydroxylation is 1. The molecule has 0 saturated carbocycles. The molecular formula is C25H24N2O3. The molecule has 0 bridgehead atoms. The summed E-state index contributed by atoms with van der Waals surface area (Å²) in [5, 5.41) is 0. The van der Waals surface area contributed by atoms with Gasteiger partial charge in [0.25, 0.3) is 5.91 Å². The molecule has 0 spiro atoms. The second-order valence-corrected chi connectivity index (χ2v) is 7.48. The van der Waals surface area contributed by atoms with Gasteiger partial charge in [0.15, 0.2) is 6.10 Å². The van der Waals surface area contributed by atoms with Crippen LogP contribution in [0.1, 0.15) is 39.5 Å². The van der Waals surface area contributed by atoms with Gasteiger partial charge in [0.1, 0.15) is 0 Å². The lowest BCUT2D eigenvalue weighted by Gasteiger charge is -2.30. The topological polar surface area (TPSA) is 59.5 Å². The Hall–Kier alpha value is -3.47. The molecule has 1 aliphatic heterocycles. The lowest BCUT2D eigenvalue weighted by atomic mass is 9.97. The van der Waals surface area contributed by atoms with Gasteiger partial charge in [0, 0.05) is 31.9 Å². The van der Waals surface area contributed by atoms with Gasteiger partial charge in [-0.15, -0.1) is 0 Å². The Bertz CT molecular complexity index is 1030. The third-order valence-corrected chi connectivity index (χ3v) is 5.38. The van der Waals surface area contributed by atoms with Crippen molar-refractivity contribution in [3.63, 3.8) is 0 Å². The van der Waals surface area contributed by atoms with E-state index < -0.39 is 12.1 Å². The van der Waals surface area contributed by atoms with Crippen LogP contribution in [-0.2, 0) is 35.5 Å². The minimum absolute atomic E-state index is 0.193. The Morgan fingerprint density at radius 2 is 1.73 bits per heavy atom. The predicted molar refractivity (Wildman–Crippen MR) is 114 cm³/mol. The largest absolute Gasteiger partial charge is 0.448 e. The highest BCUT2D eigenvalue weighted by molar-refractivity contribution is 5.95. The fraction of sp³-hybridized carbons (Fsp3) is 0.240. The number of aromatic nitrogens is 1. The van der Waals surface area contributed by atoms with E-state index in [1.54, 1.807) is 29.4 Å².